The normalized spacial score (nSPS) is 10.2. The third-order valence-corrected chi connectivity index (χ3v) is 3.06. The van der Waals surface area contributed by atoms with E-state index in [4.69, 9.17) is 15.6 Å². The van der Waals surface area contributed by atoms with E-state index in [2.05, 4.69) is 4.98 Å². The Kier molecular flexibility index (Phi) is 4.27. The van der Waals surface area contributed by atoms with Crippen molar-refractivity contribution in [2.24, 2.45) is 0 Å². The highest BCUT2D eigenvalue weighted by Gasteiger charge is 2.12. The molecule has 0 atom stereocenters. The zero-order valence-corrected chi connectivity index (χ0v) is 11.9. The lowest BCUT2D eigenvalue weighted by molar-refractivity contribution is 0.0690. The molecule has 1 aromatic carbocycles. The van der Waals surface area contributed by atoms with Crippen LogP contribution >= 0.6 is 0 Å². The summed E-state index contributed by atoms with van der Waals surface area (Å²) in [5, 5.41) is 8.99. The minimum atomic E-state index is -1.07. The topological polar surface area (TPSA) is 88.7 Å². The van der Waals surface area contributed by atoms with Gasteiger partial charge >= 0.3 is 5.97 Å². The molecule has 21 heavy (non-hydrogen) atoms. The number of pyridine rings is 1. The van der Waals surface area contributed by atoms with Crippen molar-refractivity contribution in [2.75, 3.05) is 24.8 Å². The van der Waals surface area contributed by atoms with Gasteiger partial charge < -0.3 is 20.5 Å². The van der Waals surface area contributed by atoms with Crippen LogP contribution in [0.2, 0.25) is 0 Å². The molecule has 0 aliphatic rings. The zero-order valence-electron chi connectivity index (χ0n) is 11.9. The van der Waals surface area contributed by atoms with Gasteiger partial charge in [-0.05, 0) is 29.8 Å². The average molecular weight is 287 g/mol. The number of carboxylic acid groups (broad SMARTS) is 1. The molecule has 1 heterocycles. The summed E-state index contributed by atoms with van der Waals surface area (Å²) in [4.78, 5) is 16.9. The number of aromatic carboxylic acids is 1. The minimum Gasteiger partial charge on any atom is -0.497 e. The Balaban J connectivity index is 2.20. The van der Waals surface area contributed by atoms with E-state index in [0.29, 0.717) is 18.1 Å². The molecule has 2 rings (SSSR count). The molecule has 0 amide bonds. The number of hydrogen-bond donors (Lipinski definition) is 2. The number of nitrogen functional groups attached to an aromatic ring is 1. The number of aromatic nitrogens is 1. The quantitative estimate of drug-likeness (QED) is 0.874. The summed E-state index contributed by atoms with van der Waals surface area (Å²) in [5.41, 5.74) is 7.33. The van der Waals surface area contributed by atoms with Crippen molar-refractivity contribution in [1.29, 1.82) is 0 Å². The highest BCUT2D eigenvalue weighted by atomic mass is 16.5. The fourth-order valence-electron chi connectivity index (χ4n) is 1.96. The van der Waals surface area contributed by atoms with Gasteiger partial charge in [0.25, 0.3) is 0 Å². The first-order valence-corrected chi connectivity index (χ1v) is 6.35. The van der Waals surface area contributed by atoms with Gasteiger partial charge in [-0.1, -0.05) is 12.1 Å². The second-order valence-electron chi connectivity index (χ2n) is 4.62. The number of hydrogen-bond acceptors (Lipinski definition) is 5. The van der Waals surface area contributed by atoms with E-state index in [0.717, 1.165) is 11.3 Å². The van der Waals surface area contributed by atoms with Crippen LogP contribution < -0.4 is 15.4 Å². The monoisotopic (exact) mass is 287 g/mol. The fourth-order valence-corrected chi connectivity index (χ4v) is 1.96. The Morgan fingerprint density at radius 3 is 2.52 bits per heavy atom. The van der Waals surface area contributed by atoms with Crippen LogP contribution in [0, 0.1) is 0 Å². The second-order valence-corrected chi connectivity index (χ2v) is 4.62. The summed E-state index contributed by atoms with van der Waals surface area (Å²) in [6.45, 7) is 0.560. The highest BCUT2D eigenvalue weighted by molar-refractivity contribution is 5.86. The number of rotatable bonds is 5. The molecule has 0 bridgehead atoms. The molecule has 6 nitrogen and oxygen atoms in total. The summed E-state index contributed by atoms with van der Waals surface area (Å²) in [6.07, 6.45) is 0. The number of methoxy groups -OCH3 is 1. The molecule has 0 saturated heterocycles. The molecule has 3 N–H and O–H groups in total. The van der Waals surface area contributed by atoms with Crippen LogP contribution in [0.15, 0.2) is 36.4 Å². The van der Waals surface area contributed by atoms with E-state index >= 15 is 0 Å². The van der Waals surface area contributed by atoms with Gasteiger partial charge in [0.15, 0.2) is 11.5 Å². The van der Waals surface area contributed by atoms with Crippen LogP contribution in [0.25, 0.3) is 0 Å². The number of nitrogens with zero attached hydrogens (tertiary/aromatic N) is 2. The van der Waals surface area contributed by atoms with Crippen molar-refractivity contribution in [3.63, 3.8) is 0 Å². The zero-order chi connectivity index (χ0) is 15.4. The molecule has 0 fully saturated rings. The molecule has 0 radical (unpaired) electrons. The molecule has 0 unspecified atom stereocenters. The van der Waals surface area contributed by atoms with Crippen LogP contribution in [0.4, 0.5) is 11.5 Å². The van der Waals surface area contributed by atoms with Gasteiger partial charge in [-0.15, -0.1) is 0 Å². The van der Waals surface area contributed by atoms with E-state index in [1.807, 2.05) is 36.2 Å². The standard InChI is InChI=1S/C15H17N3O3/c1-18(9-10-3-5-11(21-2)6-4-10)14-12(16)7-8-13(17-14)15(19)20/h3-8H,9,16H2,1-2H3,(H,19,20). The number of anilines is 2. The van der Waals surface area contributed by atoms with Crippen molar-refractivity contribution >= 4 is 17.5 Å². The van der Waals surface area contributed by atoms with Crippen LogP contribution in [0.3, 0.4) is 0 Å². The molecule has 2 aromatic rings. The smallest absolute Gasteiger partial charge is 0.354 e. The second kappa shape index (κ2) is 6.13. The Bertz CT molecular complexity index is 641. The van der Waals surface area contributed by atoms with E-state index in [1.165, 1.54) is 6.07 Å². The predicted molar refractivity (Wildman–Crippen MR) is 80.7 cm³/mol. The maximum Gasteiger partial charge on any atom is 0.354 e. The molecular weight excluding hydrogens is 270 g/mol. The first kappa shape index (κ1) is 14.6. The van der Waals surface area contributed by atoms with Crippen molar-refractivity contribution in [3.05, 3.63) is 47.7 Å². The number of nitrogens with two attached hydrogens (primary N) is 1. The number of ether oxygens (including phenoxy) is 1. The summed E-state index contributed by atoms with van der Waals surface area (Å²) in [6, 6.07) is 10.6. The molecular formula is C15H17N3O3. The van der Waals surface area contributed by atoms with Crippen LogP contribution in [0.1, 0.15) is 16.1 Å². The summed E-state index contributed by atoms with van der Waals surface area (Å²) in [5.74, 6) is 0.159. The molecule has 110 valence electrons. The highest BCUT2D eigenvalue weighted by Crippen LogP contribution is 2.22. The van der Waals surface area contributed by atoms with Crippen LogP contribution in [-0.2, 0) is 6.54 Å². The Hall–Kier alpha value is -2.76. The first-order valence-electron chi connectivity index (χ1n) is 6.35. The van der Waals surface area contributed by atoms with Gasteiger partial charge in [-0.3, -0.25) is 0 Å². The summed E-state index contributed by atoms with van der Waals surface area (Å²) >= 11 is 0. The van der Waals surface area contributed by atoms with Crippen LogP contribution in [-0.4, -0.2) is 30.2 Å². The Labute approximate surface area is 122 Å². The van der Waals surface area contributed by atoms with Crippen molar-refractivity contribution in [1.82, 2.24) is 4.98 Å². The van der Waals surface area contributed by atoms with E-state index in [-0.39, 0.29) is 5.69 Å². The SMILES string of the molecule is COc1ccc(CN(C)c2nc(C(=O)O)ccc2N)cc1. The number of carbonyl (C=O) groups is 1. The largest absolute Gasteiger partial charge is 0.497 e. The summed E-state index contributed by atoms with van der Waals surface area (Å²) in [7, 11) is 3.43. The van der Waals surface area contributed by atoms with Gasteiger partial charge in [0.2, 0.25) is 0 Å². The molecule has 0 spiro atoms. The Morgan fingerprint density at radius 1 is 1.29 bits per heavy atom. The molecule has 0 saturated carbocycles. The van der Waals surface area contributed by atoms with Gasteiger partial charge in [0.1, 0.15) is 5.75 Å². The third kappa shape index (κ3) is 3.42. The molecule has 1 aromatic heterocycles. The maximum absolute atomic E-state index is 11.0. The fraction of sp³-hybridized carbons (Fsp3) is 0.200. The third-order valence-electron chi connectivity index (χ3n) is 3.06. The van der Waals surface area contributed by atoms with E-state index in [9.17, 15) is 4.79 Å². The van der Waals surface area contributed by atoms with Gasteiger partial charge in [0, 0.05) is 13.6 Å². The van der Waals surface area contributed by atoms with Crippen molar-refractivity contribution < 1.29 is 14.6 Å². The van der Waals surface area contributed by atoms with Crippen molar-refractivity contribution in [2.45, 2.75) is 6.54 Å². The minimum absolute atomic E-state index is 0.0271. The lowest BCUT2D eigenvalue weighted by Crippen LogP contribution is -2.20. The van der Waals surface area contributed by atoms with Gasteiger partial charge in [-0.25, -0.2) is 9.78 Å². The lowest BCUT2D eigenvalue weighted by atomic mass is 10.2. The van der Waals surface area contributed by atoms with Crippen LogP contribution in [0.5, 0.6) is 5.75 Å². The van der Waals surface area contributed by atoms with E-state index < -0.39 is 5.97 Å². The number of benzene rings is 1. The van der Waals surface area contributed by atoms with Crippen molar-refractivity contribution in [3.8, 4) is 5.75 Å². The molecule has 0 aliphatic carbocycles. The predicted octanol–water partition coefficient (Wildman–Crippen LogP) is 2.01. The molecule has 0 aliphatic heterocycles. The van der Waals surface area contributed by atoms with Gasteiger partial charge in [0.05, 0.1) is 12.8 Å². The van der Waals surface area contributed by atoms with Gasteiger partial charge in [-0.2, -0.15) is 0 Å². The maximum atomic E-state index is 11.0. The lowest BCUT2D eigenvalue weighted by Gasteiger charge is -2.20. The number of carboxylic acids is 1. The van der Waals surface area contributed by atoms with E-state index in [1.54, 1.807) is 13.2 Å². The molecule has 6 heteroatoms. The average Bonchev–Trinajstić information content (AvgIpc) is 2.48. The summed E-state index contributed by atoms with van der Waals surface area (Å²) < 4.78 is 5.11. The Morgan fingerprint density at radius 2 is 1.95 bits per heavy atom. The first-order chi connectivity index (χ1) is 10.0.